The summed E-state index contributed by atoms with van der Waals surface area (Å²) in [5, 5.41) is 11.8. The van der Waals surface area contributed by atoms with Crippen LogP contribution in [-0.2, 0) is 5.75 Å². The minimum absolute atomic E-state index is 0.0772. The Morgan fingerprint density at radius 1 is 0.976 bits per heavy atom. The molecule has 3 aromatic heterocycles. The summed E-state index contributed by atoms with van der Waals surface area (Å²) in [6, 6.07) is 18.1. The zero-order valence-electron chi connectivity index (χ0n) is 22.2. The van der Waals surface area contributed by atoms with E-state index < -0.39 is 0 Å². The Morgan fingerprint density at radius 2 is 1.71 bits per heavy atom. The van der Waals surface area contributed by atoms with Gasteiger partial charge in [0, 0.05) is 49.5 Å². The standard InChI is InChI=1S/C29H26FN7O2S2/c1-39-25-9-5-4-8-24(25)35-14-16-36(17-15-35)28(38)22-18-40-26(32-22)19-41-29-34-33-27(20-10-12-31-13-11-20)37(29)23-7-3-2-6-21(23)30/h2-13,18H,14-17,19H2,1H3. The van der Waals surface area contributed by atoms with E-state index in [1.54, 1.807) is 47.6 Å². The third-order valence-electron chi connectivity index (χ3n) is 6.75. The first kappa shape index (κ1) is 26.9. The highest BCUT2D eigenvalue weighted by Crippen LogP contribution is 2.32. The van der Waals surface area contributed by atoms with Crippen LogP contribution in [0.2, 0.25) is 0 Å². The summed E-state index contributed by atoms with van der Waals surface area (Å²) >= 11 is 2.82. The van der Waals surface area contributed by atoms with Gasteiger partial charge in [-0.2, -0.15) is 0 Å². The number of methoxy groups -OCH3 is 1. The lowest BCUT2D eigenvalue weighted by Crippen LogP contribution is -2.49. The molecule has 0 atom stereocenters. The van der Waals surface area contributed by atoms with Gasteiger partial charge < -0.3 is 14.5 Å². The molecule has 41 heavy (non-hydrogen) atoms. The molecule has 208 valence electrons. The maximum atomic E-state index is 14.9. The van der Waals surface area contributed by atoms with E-state index in [2.05, 4.69) is 25.1 Å². The summed E-state index contributed by atoms with van der Waals surface area (Å²) in [5.74, 6) is 1.35. The number of anilines is 1. The third-order valence-corrected chi connectivity index (χ3v) is 8.73. The van der Waals surface area contributed by atoms with E-state index >= 15 is 0 Å². The maximum absolute atomic E-state index is 14.9. The Kier molecular flexibility index (Phi) is 7.92. The van der Waals surface area contributed by atoms with Crippen LogP contribution in [0, 0.1) is 5.82 Å². The molecule has 1 aliphatic heterocycles. The van der Waals surface area contributed by atoms with Crippen LogP contribution >= 0.6 is 23.1 Å². The maximum Gasteiger partial charge on any atom is 0.273 e. The van der Waals surface area contributed by atoms with Gasteiger partial charge in [0.05, 0.1) is 24.2 Å². The van der Waals surface area contributed by atoms with Gasteiger partial charge in [0.15, 0.2) is 11.0 Å². The van der Waals surface area contributed by atoms with Gasteiger partial charge >= 0.3 is 0 Å². The Labute approximate surface area is 244 Å². The number of carbonyl (C=O) groups is 1. The number of rotatable bonds is 8. The molecule has 6 rings (SSSR count). The van der Waals surface area contributed by atoms with Gasteiger partial charge in [-0.1, -0.05) is 36.0 Å². The number of thiazole rings is 1. The lowest BCUT2D eigenvalue weighted by Gasteiger charge is -2.36. The van der Waals surface area contributed by atoms with Crippen LogP contribution in [0.5, 0.6) is 5.75 Å². The Hall–Kier alpha value is -4.29. The molecule has 1 aliphatic rings. The molecule has 0 unspecified atom stereocenters. The number of benzene rings is 2. The highest BCUT2D eigenvalue weighted by atomic mass is 32.2. The molecule has 0 saturated carbocycles. The molecule has 1 amide bonds. The molecule has 5 aromatic rings. The zero-order valence-corrected chi connectivity index (χ0v) is 23.8. The number of piperazine rings is 1. The van der Waals surface area contributed by atoms with Crippen molar-refractivity contribution in [2.75, 3.05) is 38.2 Å². The van der Waals surface area contributed by atoms with Gasteiger partial charge in [0.1, 0.15) is 22.3 Å². The van der Waals surface area contributed by atoms with Crippen LogP contribution in [0.25, 0.3) is 17.1 Å². The minimum Gasteiger partial charge on any atom is -0.495 e. The molecular formula is C29H26FN7O2S2. The number of pyridine rings is 1. The monoisotopic (exact) mass is 587 g/mol. The highest BCUT2D eigenvalue weighted by molar-refractivity contribution is 7.98. The highest BCUT2D eigenvalue weighted by Gasteiger charge is 2.25. The largest absolute Gasteiger partial charge is 0.495 e. The first-order chi connectivity index (χ1) is 20.1. The van der Waals surface area contributed by atoms with E-state index in [1.807, 2.05) is 41.3 Å². The normalized spacial score (nSPS) is 13.4. The fourth-order valence-corrected chi connectivity index (χ4v) is 6.44. The predicted octanol–water partition coefficient (Wildman–Crippen LogP) is 5.19. The summed E-state index contributed by atoms with van der Waals surface area (Å²) in [7, 11) is 1.67. The second-order valence-electron chi connectivity index (χ2n) is 9.20. The summed E-state index contributed by atoms with van der Waals surface area (Å²) < 4.78 is 22.1. The van der Waals surface area contributed by atoms with E-state index in [0.29, 0.717) is 54.3 Å². The third kappa shape index (κ3) is 5.66. The van der Waals surface area contributed by atoms with Crippen LogP contribution in [0.15, 0.2) is 83.6 Å². The number of thioether (sulfide) groups is 1. The van der Waals surface area contributed by atoms with Crippen molar-refractivity contribution in [2.24, 2.45) is 0 Å². The molecule has 1 fully saturated rings. The van der Waals surface area contributed by atoms with Gasteiger partial charge in [-0.05, 0) is 36.4 Å². The van der Waals surface area contributed by atoms with E-state index in [1.165, 1.54) is 29.2 Å². The second-order valence-corrected chi connectivity index (χ2v) is 11.1. The zero-order chi connectivity index (χ0) is 28.2. The van der Waals surface area contributed by atoms with Crippen molar-refractivity contribution in [3.63, 3.8) is 0 Å². The average molecular weight is 588 g/mol. The van der Waals surface area contributed by atoms with Crippen molar-refractivity contribution in [2.45, 2.75) is 10.9 Å². The molecule has 0 spiro atoms. The number of hydrogen-bond donors (Lipinski definition) is 0. The molecule has 4 heterocycles. The van der Waals surface area contributed by atoms with E-state index in [0.717, 1.165) is 22.0 Å². The fourth-order valence-electron chi connectivity index (χ4n) is 4.71. The van der Waals surface area contributed by atoms with Crippen LogP contribution in [-0.4, -0.2) is 68.8 Å². The van der Waals surface area contributed by atoms with E-state index in [4.69, 9.17) is 4.74 Å². The van der Waals surface area contributed by atoms with Crippen molar-refractivity contribution in [3.8, 4) is 22.8 Å². The number of aromatic nitrogens is 5. The van der Waals surface area contributed by atoms with Gasteiger partial charge in [0.2, 0.25) is 0 Å². The Morgan fingerprint density at radius 3 is 2.46 bits per heavy atom. The smallest absolute Gasteiger partial charge is 0.273 e. The Bertz CT molecular complexity index is 1650. The lowest BCUT2D eigenvalue weighted by atomic mass is 10.2. The molecule has 1 saturated heterocycles. The number of para-hydroxylation sites is 3. The van der Waals surface area contributed by atoms with Crippen LogP contribution in [0.3, 0.4) is 0 Å². The summed E-state index contributed by atoms with van der Waals surface area (Å²) in [6.45, 7) is 2.62. The van der Waals surface area contributed by atoms with Gasteiger partial charge in [-0.15, -0.1) is 21.5 Å². The van der Waals surface area contributed by atoms with Gasteiger partial charge in [-0.25, -0.2) is 9.37 Å². The summed E-state index contributed by atoms with van der Waals surface area (Å²) in [4.78, 5) is 26.0. The number of nitrogens with zero attached hydrogens (tertiary/aromatic N) is 7. The molecule has 9 nitrogen and oxygen atoms in total. The predicted molar refractivity (Wildman–Crippen MR) is 157 cm³/mol. The van der Waals surface area contributed by atoms with E-state index in [-0.39, 0.29) is 11.7 Å². The molecule has 2 aromatic carbocycles. The fraction of sp³-hybridized carbons (Fsp3) is 0.207. The quantitative estimate of drug-likeness (QED) is 0.229. The van der Waals surface area contributed by atoms with E-state index in [9.17, 15) is 9.18 Å². The lowest BCUT2D eigenvalue weighted by molar-refractivity contribution is 0.0741. The number of amides is 1. The van der Waals surface area contributed by atoms with Gasteiger partial charge in [0.25, 0.3) is 5.91 Å². The molecule has 0 radical (unpaired) electrons. The summed E-state index contributed by atoms with van der Waals surface area (Å²) in [6.07, 6.45) is 3.32. The van der Waals surface area contributed by atoms with Crippen molar-refractivity contribution in [1.82, 2.24) is 29.6 Å². The van der Waals surface area contributed by atoms with Crippen molar-refractivity contribution >= 4 is 34.7 Å². The summed E-state index contributed by atoms with van der Waals surface area (Å²) in [5.41, 5.74) is 2.60. The number of hydrogen-bond acceptors (Lipinski definition) is 9. The van der Waals surface area contributed by atoms with Crippen LogP contribution in [0.1, 0.15) is 15.5 Å². The Balaban J connectivity index is 1.14. The SMILES string of the molecule is COc1ccccc1N1CCN(C(=O)c2csc(CSc3nnc(-c4ccncc4)n3-c3ccccc3F)n2)CC1. The van der Waals surface area contributed by atoms with Crippen molar-refractivity contribution < 1.29 is 13.9 Å². The number of carbonyl (C=O) groups excluding carboxylic acids is 1. The molecule has 0 bridgehead atoms. The molecule has 12 heteroatoms. The minimum atomic E-state index is -0.377. The average Bonchev–Trinajstić information content (AvgIpc) is 3.68. The first-order valence-electron chi connectivity index (χ1n) is 13.0. The number of halogens is 1. The number of ether oxygens (including phenoxy) is 1. The van der Waals surface area contributed by atoms with Crippen molar-refractivity contribution in [1.29, 1.82) is 0 Å². The molecular weight excluding hydrogens is 561 g/mol. The topological polar surface area (TPSA) is 89.3 Å². The molecule has 0 N–H and O–H groups in total. The molecule has 0 aliphatic carbocycles. The van der Waals surface area contributed by atoms with Gasteiger partial charge in [-0.3, -0.25) is 14.3 Å². The first-order valence-corrected chi connectivity index (χ1v) is 14.8. The van der Waals surface area contributed by atoms with Crippen LogP contribution in [0.4, 0.5) is 10.1 Å². The van der Waals surface area contributed by atoms with Crippen LogP contribution < -0.4 is 9.64 Å². The van der Waals surface area contributed by atoms with Crippen molar-refractivity contribution in [3.05, 3.63) is 95.0 Å². The second kappa shape index (κ2) is 12.1.